The van der Waals surface area contributed by atoms with Gasteiger partial charge >= 0.3 is 0 Å². The lowest BCUT2D eigenvalue weighted by Gasteiger charge is -2.26. The van der Waals surface area contributed by atoms with E-state index in [0.29, 0.717) is 31.0 Å². The zero-order chi connectivity index (χ0) is 23.7. The minimum atomic E-state index is -3.52. The van der Waals surface area contributed by atoms with Crippen molar-refractivity contribution in [3.63, 3.8) is 0 Å². The van der Waals surface area contributed by atoms with Gasteiger partial charge in [-0.25, -0.2) is 8.42 Å². The SMILES string of the molecule is C=CCN(CC(=O)N(CCc1ccc(OC)c(OC)c1)Cc1ccc(C)s1)S(=O)(=O)CC. The largest absolute Gasteiger partial charge is 0.493 e. The second-order valence-corrected chi connectivity index (χ2v) is 10.9. The van der Waals surface area contributed by atoms with Gasteiger partial charge in [-0.05, 0) is 50.1 Å². The number of rotatable bonds is 13. The maximum absolute atomic E-state index is 13.2. The Bertz CT molecular complexity index is 1020. The summed E-state index contributed by atoms with van der Waals surface area (Å²) in [6.07, 6.45) is 2.09. The summed E-state index contributed by atoms with van der Waals surface area (Å²) in [5, 5.41) is 0. The molecule has 0 aliphatic heterocycles. The first-order chi connectivity index (χ1) is 15.2. The Morgan fingerprint density at radius 1 is 1.16 bits per heavy atom. The summed E-state index contributed by atoms with van der Waals surface area (Å²) < 4.78 is 36.7. The smallest absolute Gasteiger partial charge is 0.238 e. The van der Waals surface area contributed by atoms with Crippen LogP contribution in [0.3, 0.4) is 0 Å². The highest BCUT2D eigenvalue weighted by Gasteiger charge is 2.25. The summed E-state index contributed by atoms with van der Waals surface area (Å²) in [6.45, 7) is 7.98. The molecule has 7 nitrogen and oxygen atoms in total. The quantitative estimate of drug-likeness (QED) is 0.410. The van der Waals surface area contributed by atoms with Crippen LogP contribution in [0.15, 0.2) is 43.0 Å². The molecule has 0 aliphatic rings. The third-order valence-corrected chi connectivity index (χ3v) is 7.80. The lowest BCUT2D eigenvalue weighted by atomic mass is 10.1. The molecule has 0 bridgehead atoms. The number of ether oxygens (including phenoxy) is 2. The monoisotopic (exact) mass is 480 g/mol. The third kappa shape index (κ3) is 7.08. The van der Waals surface area contributed by atoms with Gasteiger partial charge in [0.1, 0.15) is 0 Å². The number of carbonyl (C=O) groups is 1. The molecule has 2 aromatic rings. The van der Waals surface area contributed by atoms with E-state index in [9.17, 15) is 13.2 Å². The van der Waals surface area contributed by atoms with Crippen LogP contribution in [-0.4, -0.2) is 63.1 Å². The van der Waals surface area contributed by atoms with Crippen LogP contribution in [0.4, 0.5) is 0 Å². The normalized spacial score (nSPS) is 11.4. The Kier molecular flexibility index (Phi) is 9.74. The van der Waals surface area contributed by atoms with Crippen LogP contribution in [0, 0.1) is 6.92 Å². The topological polar surface area (TPSA) is 76.2 Å². The number of carbonyl (C=O) groups excluding carboxylic acids is 1. The molecule has 0 radical (unpaired) electrons. The molecule has 176 valence electrons. The van der Waals surface area contributed by atoms with Crippen molar-refractivity contribution in [2.45, 2.75) is 26.8 Å². The van der Waals surface area contributed by atoms with Crippen molar-refractivity contribution in [2.75, 3.05) is 39.6 Å². The van der Waals surface area contributed by atoms with Gasteiger partial charge in [0.05, 0.1) is 33.1 Å². The van der Waals surface area contributed by atoms with E-state index in [-0.39, 0.29) is 24.7 Å². The lowest BCUT2D eigenvalue weighted by Crippen LogP contribution is -2.43. The zero-order valence-electron chi connectivity index (χ0n) is 19.2. The maximum atomic E-state index is 13.2. The minimum absolute atomic E-state index is 0.0656. The molecule has 0 saturated heterocycles. The second kappa shape index (κ2) is 12.0. The van der Waals surface area contributed by atoms with Gasteiger partial charge in [-0.3, -0.25) is 4.79 Å². The van der Waals surface area contributed by atoms with Crippen LogP contribution in [0.1, 0.15) is 22.2 Å². The number of amides is 1. The van der Waals surface area contributed by atoms with E-state index in [4.69, 9.17) is 9.47 Å². The number of aryl methyl sites for hydroxylation is 1. The van der Waals surface area contributed by atoms with Crippen LogP contribution in [0.5, 0.6) is 11.5 Å². The molecule has 2 rings (SSSR count). The highest BCUT2D eigenvalue weighted by molar-refractivity contribution is 7.89. The summed E-state index contributed by atoms with van der Waals surface area (Å²) in [4.78, 5) is 17.1. The van der Waals surface area contributed by atoms with E-state index in [0.717, 1.165) is 15.3 Å². The molecule has 0 atom stereocenters. The third-order valence-electron chi connectivity index (χ3n) is 5.02. The first-order valence-corrected chi connectivity index (χ1v) is 12.8. The Morgan fingerprint density at radius 2 is 1.88 bits per heavy atom. The molecular weight excluding hydrogens is 448 g/mol. The molecule has 1 heterocycles. The fraction of sp³-hybridized carbons (Fsp3) is 0.435. The number of hydrogen-bond acceptors (Lipinski definition) is 6. The molecule has 1 amide bonds. The molecule has 0 saturated carbocycles. The summed E-state index contributed by atoms with van der Waals surface area (Å²) >= 11 is 1.63. The van der Waals surface area contributed by atoms with Gasteiger partial charge in [-0.2, -0.15) is 4.31 Å². The van der Waals surface area contributed by atoms with Crippen molar-refractivity contribution in [1.82, 2.24) is 9.21 Å². The first kappa shape index (κ1) is 25.9. The van der Waals surface area contributed by atoms with Crippen LogP contribution < -0.4 is 9.47 Å². The number of methoxy groups -OCH3 is 2. The Labute approximate surface area is 195 Å². The fourth-order valence-electron chi connectivity index (χ4n) is 3.20. The highest BCUT2D eigenvalue weighted by atomic mass is 32.2. The minimum Gasteiger partial charge on any atom is -0.493 e. The Balaban J connectivity index is 2.21. The van der Waals surface area contributed by atoms with E-state index in [1.54, 1.807) is 37.4 Å². The van der Waals surface area contributed by atoms with Crippen molar-refractivity contribution in [3.05, 3.63) is 58.3 Å². The fourth-order valence-corrected chi connectivity index (χ4v) is 5.12. The number of nitrogens with zero attached hydrogens (tertiary/aromatic N) is 2. The number of benzene rings is 1. The molecule has 0 unspecified atom stereocenters. The van der Waals surface area contributed by atoms with Crippen LogP contribution in [-0.2, 0) is 27.8 Å². The van der Waals surface area contributed by atoms with Crippen molar-refractivity contribution < 1.29 is 22.7 Å². The second-order valence-electron chi connectivity index (χ2n) is 7.25. The number of thiophene rings is 1. The lowest BCUT2D eigenvalue weighted by molar-refractivity contribution is -0.131. The van der Waals surface area contributed by atoms with Crippen molar-refractivity contribution in [1.29, 1.82) is 0 Å². The van der Waals surface area contributed by atoms with E-state index in [1.165, 1.54) is 10.4 Å². The molecule has 32 heavy (non-hydrogen) atoms. The predicted octanol–water partition coefficient (Wildman–Crippen LogP) is 3.48. The van der Waals surface area contributed by atoms with E-state index in [1.807, 2.05) is 37.3 Å². The summed E-state index contributed by atoms with van der Waals surface area (Å²) in [5.41, 5.74) is 0.993. The average Bonchev–Trinajstić information content (AvgIpc) is 3.20. The van der Waals surface area contributed by atoms with Gasteiger partial charge in [0.25, 0.3) is 0 Å². The van der Waals surface area contributed by atoms with E-state index >= 15 is 0 Å². The standard InChI is InChI=1S/C23H32N2O5S2/c1-6-13-25(32(27,28)7-2)17-23(26)24(16-20-10-8-18(3)31-20)14-12-19-9-11-21(29-4)22(15-19)30-5/h6,8-11,15H,1,7,12-14,16-17H2,2-5H3. The summed E-state index contributed by atoms with van der Waals surface area (Å²) in [7, 11) is -0.351. The van der Waals surface area contributed by atoms with Gasteiger partial charge < -0.3 is 14.4 Å². The van der Waals surface area contributed by atoms with Gasteiger partial charge in [-0.15, -0.1) is 17.9 Å². The van der Waals surface area contributed by atoms with Gasteiger partial charge in [0.2, 0.25) is 15.9 Å². The first-order valence-electron chi connectivity index (χ1n) is 10.4. The van der Waals surface area contributed by atoms with E-state index < -0.39 is 10.0 Å². The summed E-state index contributed by atoms with van der Waals surface area (Å²) in [6, 6.07) is 9.68. The Morgan fingerprint density at radius 3 is 2.44 bits per heavy atom. The molecule has 1 aromatic heterocycles. The van der Waals surface area contributed by atoms with Crippen LogP contribution in [0.25, 0.3) is 0 Å². The molecule has 0 aliphatic carbocycles. The molecule has 0 N–H and O–H groups in total. The Hall–Kier alpha value is -2.36. The summed E-state index contributed by atoms with van der Waals surface area (Å²) in [5.74, 6) is 0.964. The highest BCUT2D eigenvalue weighted by Crippen LogP contribution is 2.28. The van der Waals surface area contributed by atoms with Gasteiger partial charge in [0.15, 0.2) is 11.5 Å². The molecule has 0 fully saturated rings. The number of hydrogen-bond donors (Lipinski definition) is 0. The van der Waals surface area contributed by atoms with Crippen LogP contribution in [0.2, 0.25) is 0 Å². The van der Waals surface area contributed by atoms with Crippen molar-refractivity contribution >= 4 is 27.3 Å². The molecule has 1 aromatic carbocycles. The molecule has 0 spiro atoms. The molecular formula is C23H32N2O5S2. The predicted molar refractivity (Wildman–Crippen MR) is 129 cm³/mol. The molecule has 9 heteroatoms. The van der Waals surface area contributed by atoms with Crippen LogP contribution >= 0.6 is 11.3 Å². The van der Waals surface area contributed by atoms with Gasteiger partial charge in [0, 0.05) is 22.8 Å². The van der Waals surface area contributed by atoms with Crippen molar-refractivity contribution in [2.24, 2.45) is 0 Å². The van der Waals surface area contributed by atoms with E-state index in [2.05, 4.69) is 6.58 Å². The maximum Gasteiger partial charge on any atom is 0.238 e. The van der Waals surface area contributed by atoms with Crippen molar-refractivity contribution in [3.8, 4) is 11.5 Å². The zero-order valence-corrected chi connectivity index (χ0v) is 20.8. The van der Waals surface area contributed by atoms with Gasteiger partial charge in [-0.1, -0.05) is 12.1 Å². The number of sulfonamides is 1. The average molecular weight is 481 g/mol.